The van der Waals surface area contributed by atoms with Gasteiger partial charge in [-0.3, -0.25) is 0 Å². The maximum Gasteiger partial charge on any atom is 0.234 e. The fourth-order valence-electron chi connectivity index (χ4n) is 2.13. The van der Waals surface area contributed by atoms with Crippen LogP contribution in [-0.2, 0) is 0 Å². The van der Waals surface area contributed by atoms with E-state index in [0.29, 0.717) is 19.0 Å². The van der Waals surface area contributed by atoms with Gasteiger partial charge in [-0.05, 0) is 50.2 Å². The van der Waals surface area contributed by atoms with Crippen molar-refractivity contribution in [1.29, 1.82) is 0 Å². The summed E-state index contributed by atoms with van der Waals surface area (Å²) in [4.78, 5) is 0. The molecule has 9 heteroatoms. The summed E-state index contributed by atoms with van der Waals surface area (Å²) in [6.07, 6.45) is 3.17. The molecule has 0 bridgehead atoms. The predicted molar refractivity (Wildman–Crippen MR) is 121 cm³/mol. The van der Waals surface area contributed by atoms with Crippen molar-refractivity contribution in [1.82, 2.24) is 5.43 Å². The zero-order valence-electron chi connectivity index (χ0n) is 15.5. The van der Waals surface area contributed by atoms with Crippen LogP contribution in [0.3, 0.4) is 0 Å². The third-order valence-corrected chi connectivity index (χ3v) is 4.28. The van der Waals surface area contributed by atoms with Gasteiger partial charge in [0.05, 0.1) is 25.6 Å². The first-order valence-corrected chi connectivity index (χ1v) is 10.1. The second-order valence-electron chi connectivity index (χ2n) is 5.33. The van der Waals surface area contributed by atoms with Crippen molar-refractivity contribution in [3.05, 3.63) is 56.5 Å². The van der Waals surface area contributed by atoms with Crippen molar-refractivity contribution in [2.45, 2.75) is 13.8 Å². The molecule has 0 aromatic heterocycles. The standard InChI is InChI=1S/C19H21Br2N5O2/c1-3-27-17-9-15(20)7-5-13(17)11-23-25-19(22)26-24-12-14-6-8-16(21)10-18(14)28-4-2/h5-12H,3-4H2,1-2H3,(H3,22,25,26)/b23-11+,24-12+. The second kappa shape index (κ2) is 11.5. The molecule has 0 spiro atoms. The van der Waals surface area contributed by atoms with E-state index < -0.39 is 0 Å². The Morgan fingerprint density at radius 1 is 0.964 bits per heavy atom. The van der Waals surface area contributed by atoms with Crippen molar-refractivity contribution in [3.63, 3.8) is 0 Å². The average molecular weight is 511 g/mol. The van der Waals surface area contributed by atoms with Crippen molar-refractivity contribution in [2.75, 3.05) is 13.2 Å². The van der Waals surface area contributed by atoms with Gasteiger partial charge in [0.15, 0.2) is 0 Å². The fraction of sp³-hybridized carbons (Fsp3) is 0.211. The average Bonchev–Trinajstić information content (AvgIpc) is 2.66. The van der Waals surface area contributed by atoms with E-state index in [1.807, 2.05) is 50.2 Å². The Morgan fingerprint density at radius 2 is 1.50 bits per heavy atom. The Balaban J connectivity index is 2.02. The summed E-state index contributed by atoms with van der Waals surface area (Å²) in [5, 5.41) is 11.9. The molecule has 0 saturated heterocycles. The van der Waals surface area contributed by atoms with Gasteiger partial charge in [-0.25, -0.2) is 5.43 Å². The van der Waals surface area contributed by atoms with Gasteiger partial charge in [0.2, 0.25) is 5.96 Å². The number of rotatable bonds is 8. The summed E-state index contributed by atoms with van der Waals surface area (Å²) >= 11 is 6.83. The Bertz CT molecular complexity index is 885. The number of guanidine groups is 1. The number of halogens is 2. The molecule has 0 aliphatic rings. The van der Waals surface area contributed by atoms with Crippen molar-refractivity contribution in [2.24, 2.45) is 21.0 Å². The molecule has 0 heterocycles. The lowest BCUT2D eigenvalue weighted by molar-refractivity contribution is 0.339. The molecule has 0 radical (unpaired) electrons. The van der Waals surface area contributed by atoms with Gasteiger partial charge >= 0.3 is 0 Å². The summed E-state index contributed by atoms with van der Waals surface area (Å²) in [6, 6.07) is 11.3. The lowest BCUT2D eigenvalue weighted by atomic mass is 10.2. The largest absolute Gasteiger partial charge is 0.493 e. The molecule has 28 heavy (non-hydrogen) atoms. The van der Waals surface area contributed by atoms with Crippen molar-refractivity contribution in [3.8, 4) is 11.5 Å². The van der Waals surface area contributed by atoms with E-state index in [4.69, 9.17) is 15.2 Å². The van der Waals surface area contributed by atoms with Crippen LogP contribution in [0, 0.1) is 0 Å². The molecule has 0 aliphatic carbocycles. The highest BCUT2D eigenvalue weighted by Crippen LogP contribution is 2.23. The zero-order valence-corrected chi connectivity index (χ0v) is 18.7. The lowest BCUT2D eigenvalue weighted by Gasteiger charge is -2.07. The van der Waals surface area contributed by atoms with Gasteiger partial charge in [0.1, 0.15) is 11.5 Å². The van der Waals surface area contributed by atoms with E-state index in [9.17, 15) is 0 Å². The predicted octanol–water partition coefficient (Wildman–Crippen LogP) is 4.28. The van der Waals surface area contributed by atoms with E-state index in [1.165, 1.54) is 0 Å². The van der Waals surface area contributed by atoms with Gasteiger partial charge in [-0.15, -0.1) is 5.10 Å². The highest BCUT2D eigenvalue weighted by atomic mass is 79.9. The van der Waals surface area contributed by atoms with Crippen molar-refractivity contribution >= 4 is 50.2 Å². The molecular formula is C19H21Br2N5O2. The number of ether oxygens (including phenoxy) is 2. The molecule has 2 aromatic rings. The van der Waals surface area contributed by atoms with Crippen LogP contribution in [0.2, 0.25) is 0 Å². The van der Waals surface area contributed by atoms with Crippen LogP contribution in [0.15, 0.2) is 60.6 Å². The first-order valence-electron chi connectivity index (χ1n) is 8.53. The minimum absolute atomic E-state index is 0.0534. The minimum Gasteiger partial charge on any atom is -0.493 e. The number of nitrogens with one attached hydrogen (secondary N) is 1. The molecule has 0 atom stereocenters. The zero-order chi connectivity index (χ0) is 20.4. The summed E-state index contributed by atoms with van der Waals surface area (Å²) in [7, 11) is 0. The van der Waals surface area contributed by atoms with Crippen LogP contribution in [0.25, 0.3) is 0 Å². The number of hydrogen-bond acceptors (Lipinski definition) is 5. The molecule has 0 unspecified atom stereocenters. The molecule has 3 N–H and O–H groups in total. The molecule has 148 valence electrons. The quantitative estimate of drug-likeness (QED) is 0.315. The van der Waals surface area contributed by atoms with Crippen LogP contribution in [0.1, 0.15) is 25.0 Å². The Labute approximate surface area is 181 Å². The Hall–Kier alpha value is -2.39. The maximum atomic E-state index is 5.78. The highest BCUT2D eigenvalue weighted by molar-refractivity contribution is 9.10. The topological polar surface area (TPSA) is 93.6 Å². The highest BCUT2D eigenvalue weighted by Gasteiger charge is 2.03. The lowest BCUT2D eigenvalue weighted by Crippen LogP contribution is -2.26. The van der Waals surface area contributed by atoms with Crippen LogP contribution in [0.5, 0.6) is 11.5 Å². The molecule has 7 nitrogen and oxygen atoms in total. The minimum atomic E-state index is 0.0534. The van der Waals surface area contributed by atoms with Gasteiger partial charge in [-0.2, -0.15) is 10.2 Å². The van der Waals surface area contributed by atoms with E-state index in [1.54, 1.807) is 12.4 Å². The Morgan fingerprint density at radius 3 is 2.04 bits per heavy atom. The molecule has 0 fully saturated rings. The summed E-state index contributed by atoms with van der Waals surface area (Å²) in [5.74, 6) is 1.48. The van der Waals surface area contributed by atoms with Gasteiger partial charge in [-0.1, -0.05) is 31.9 Å². The first kappa shape index (κ1) is 21.9. The number of nitrogens with two attached hydrogens (primary N) is 1. The molecule has 2 aromatic carbocycles. The Kier molecular flexibility index (Phi) is 8.96. The number of nitrogens with zero attached hydrogens (tertiary/aromatic N) is 3. The third-order valence-electron chi connectivity index (χ3n) is 3.30. The molecule has 2 rings (SSSR count). The smallest absolute Gasteiger partial charge is 0.234 e. The number of benzene rings is 2. The fourth-order valence-corrected chi connectivity index (χ4v) is 2.81. The summed E-state index contributed by atoms with van der Waals surface area (Å²) in [5.41, 5.74) is 10.0. The molecule has 0 saturated carbocycles. The van der Waals surface area contributed by atoms with Gasteiger partial charge in [0, 0.05) is 20.1 Å². The maximum absolute atomic E-state index is 5.78. The van der Waals surface area contributed by atoms with Crippen LogP contribution in [0.4, 0.5) is 0 Å². The summed E-state index contributed by atoms with van der Waals surface area (Å²) < 4.78 is 13.0. The third kappa shape index (κ3) is 6.97. The molecule has 0 aliphatic heterocycles. The molecular weight excluding hydrogens is 490 g/mol. The van der Waals surface area contributed by atoms with Gasteiger partial charge in [0.25, 0.3) is 0 Å². The molecule has 0 amide bonds. The van der Waals surface area contributed by atoms with E-state index in [2.05, 4.69) is 52.6 Å². The van der Waals surface area contributed by atoms with E-state index in [-0.39, 0.29) is 5.96 Å². The first-order chi connectivity index (χ1) is 13.5. The van der Waals surface area contributed by atoms with Crippen molar-refractivity contribution < 1.29 is 9.47 Å². The number of hydrazone groups is 1. The number of hydrogen-bond donors (Lipinski definition) is 2. The SMILES string of the molecule is CCOc1cc(Br)ccc1/C=N/N=C(/N)N/N=C/c1ccc(Br)cc1OCC. The van der Waals surface area contributed by atoms with Crippen LogP contribution < -0.4 is 20.6 Å². The normalized spacial score (nSPS) is 11.9. The van der Waals surface area contributed by atoms with E-state index in [0.717, 1.165) is 25.8 Å². The second-order valence-corrected chi connectivity index (χ2v) is 7.16. The van der Waals surface area contributed by atoms with Crippen LogP contribution in [-0.4, -0.2) is 31.6 Å². The monoisotopic (exact) mass is 509 g/mol. The van der Waals surface area contributed by atoms with Gasteiger partial charge < -0.3 is 15.2 Å². The summed E-state index contributed by atoms with van der Waals surface area (Å²) in [6.45, 7) is 4.95. The van der Waals surface area contributed by atoms with Crippen LogP contribution >= 0.6 is 31.9 Å². The van der Waals surface area contributed by atoms with E-state index >= 15 is 0 Å².